The Hall–Kier alpha value is -3.67. The van der Waals surface area contributed by atoms with Crippen molar-refractivity contribution in [1.29, 1.82) is 0 Å². The van der Waals surface area contributed by atoms with Crippen LogP contribution in [-0.4, -0.2) is 34.3 Å². The third-order valence-corrected chi connectivity index (χ3v) is 6.75. The Morgan fingerprint density at radius 3 is 2.49 bits per heavy atom. The monoisotopic (exact) mass is 468 g/mol. The zero-order valence-electron chi connectivity index (χ0n) is 20.5. The molecule has 5 rings (SSSR count). The fourth-order valence-electron chi connectivity index (χ4n) is 4.85. The van der Waals surface area contributed by atoms with E-state index in [-0.39, 0.29) is 11.5 Å². The van der Waals surface area contributed by atoms with Crippen molar-refractivity contribution in [2.45, 2.75) is 52.0 Å². The third kappa shape index (κ3) is 4.65. The van der Waals surface area contributed by atoms with E-state index in [0.29, 0.717) is 23.9 Å². The van der Waals surface area contributed by atoms with E-state index in [1.54, 1.807) is 0 Å². The predicted octanol–water partition coefficient (Wildman–Crippen LogP) is 5.43. The van der Waals surface area contributed by atoms with Crippen molar-refractivity contribution in [3.8, 4) is 11.1 Å². The van der Waals surface area contributed by atoms with E-state index in [1.807, 2.05) is 58.1 Å². The summed E-state index contributed by atoms with van der Waals surface area (Å²) in [6.45, 7) is 5.64. The van der Waals surface area contributed by atoms with Crippen LogP contribution in [-0.2, 0) is 4.79 Å². The van der Waals surface area contributed by atoms with Gasteiger partial charge in [-0.25, -0.2) is 4.99 Å². The molecule has 1 aliphatic carbocycles. The summed E-state index contributed by atoms with van der Waals surface area (Å²) in [4.78, 5) is 32.6. The van der Waals surface area contributed by atoms with E-state index in [2.05, 4.69) is 24.9 Å². The Bertz CT molecular complexity index is 1410. The van der Waals surface area contributed by atoms with Gasteiger partial charge >= 0.3 is 0 Å². The minimum absolute atomic E-state index is 0.0372. The average Bonchev–Trinajstić information content (AvgIpc) is 3.70. The molecule has 0 radical (unpaired) electrons. The quantitative estimate of drug-likeness (QED) is 0.502. The highest BCUT2D eigenvalue weighted by molar-refractivity contribution is 6.05. The third-order valence-electron chi connectivity index (χ3n) is 6.75. The molecule has 180 valence electrons. The standard InChI is InChI=1S/C29H32N4O2/c1-3-12-32(13-4-2)28(34)23-16-22-6-5-20(17-26(22)31-27(30)18-23)19-7-10-25-21(15-19)11-14-33(29(25)35)24-8-9-24/h5-7,10-11,14-17,24H,3-4,8-9,12-13,18H2,1-2H3,(H2,30,31). The number of amidine groups is 1. The van der Waals surface area contributed by atoms with Crippen LogP contribution >= 0.6 is 0 Å². The molecule has 6 heteroatoms. The summed E-state index contributed by atoms with van der Waals surface area (Å²) in [5.41, 5.74) is 10.7. The largest absolute Gasteiger partial charge is 0.387 e. The summed E-state index contributed by atoms with van der Waals surface area (Å²) in [5.74, 6) is 0.475. The summed E-state index contributed by atoms with van der Waals surface area (Å²) in [6, 6.07) is 14.4. The molecule has 1 fully saturated rings. The molecule has 1 aromatic heterocycles. The van der Waals surface area contributed by atoms with E-state index >= 15 is 0 Å². The Labute approximate surface area is 205 Å². The first-order chi connectivity index (χ1) is 17.0. The molecule has 2 N–H and O–H groups in total. The fraction of sp³-hybridized carbons (Fsp3) is 0.345. The van der Waals surface area contributed by atoms with Gasteiger partial charge in [-0.05, 0) is 72.5 Å². The second-order valence-electron chi connectivity index (χ2n) is 9.58. The van der Waals surface area contributed by atoms with Gasteiger partial charge in [-0.1, -0.05) is 32.0 Å². The maximum absolute atomic E-state index is 13.2. The van der Waals surface area contributed by atoms with Crippen molar-refractivity contribution in [3.05, 3.63) is 70.2 Å². The van der Waals surface area contributed by atoms with Gasteiger partial charge in [0, 0.05) is 48.3 Å². The SMILES string of the molecule is CCCN(CCC)C(=O)C1=Cc2ccc(-c3ccc4c(=O)n(C5CC5)ccc4c3)cc2N=C(N)C1. The number of aromatic nitrogens is 1. The van der Waals surface area contributed by atoms with Gasteiger partial charge in [-0.15, -0.1) is 0 Å². The van der Waals surface area contributed by atoms with Crippen LogP contribution in [0.4, 0.5) is 5.69 Å². The lowest BCUT2D eigenvalue weighted by Crippen LogP contribution is -2.34. The van der Waals surface area contributed by atoms with Gasteiger partial charge in [0.1, 0.15) is 5.84 Å². The lowest BCUT2D eigenvalue weighted by Gasteiger charge is -2.22. The van der Waals surface area contributed by atoms with E-state index in [1.165, 1.54) is 0 Å². The summed E-state index contributed by atoms with van der Waals surface area (Å²) in [5, 5.41) is 1.68. The van der Waals surface area contributed by atoms with E-state index in [9.17, 15) is 9.59 Å². The van der Waals surface area contributed by atoms with Crippen molar-refractivity contribution in [2.75, 3.05) is 13.1 Å². The number of pyridine rings is 1. The molecule has 0 unspecified atom stereocenters. The number of rotatable bonds is 7. The molecule has 0 atom stereocenters. The van der Waals surface area contributed by atoms with Crippen LogP contribution in [0.15, 0.2) is 64.0 Å². The maximum Gasteiger partial charge on any atom is 0.258 e. The Morgan fingerprint density at radius 1 is 1.06 bits per heavy atom. The second kappa shape index (κ2) is 9.53. The Balaban J connectivity index is 1.49. The topological polar surface area (TPSA) is 80.7 Å². The zero-order chi connectivity index (χ0) is 24.5. The summed E-state index contributed by atoms with van der Waals surface area (Å²) in [7, 11) is 0. The summed E-state index contributed by atoms with van der Waals surface area (Å²) in [6.07, 6.45) is 8.20. The predicted molar refractivity (Wildman–Crippen MR) is 143 cm³/mol. The fourth-order valence-corrected chi connectivity index (χ4v) is 4.85. The molecular formula is C29H32N4O2. The van der Waals surface area contributed by atoms with Crippen LogP contribution in [0.1, 0.15) is 57.6 Å². The molecular weight excluding hydrogens is 436 g/mol. The second-order valence-corrected chi connectivity index (χ2v) is 9.58. The molecule has 0 spiro atoms. The minimum atomic E-state index is 0.0372. The lowest BCUT2D eigenvalue weighted by molar-refractivity contribution is -0.127. The first-order valence-corrected chi connectivity index (χ1v) is 12.6. The van der Waals surface area contributed by atoms with Crippen molar-refractivity contribution in [2.24, 2.45) is 10.7 Å². The van der Waals surface area contributed by atoms with Gasteiger partial charge in [-0.2, -0.15) is 0 Å². The number of hydrogen-bond donors (Lipinski definition) is 1. The molecule has 1 saturated carbocycles. The number of nitrogens with zero attached hydrogens (tertiary/aromatic N) is 3. The Kier molecular flexibility index (Phi) is 6.29. The van der Waals surface area contributed by atoms with E-state index in [4.69, 9.17) is 5.73 Å². The highest BCUT2D eigenvalue weighted by Crippen LogP contribution is 2.35. The zero-order valence-corrected chi connectivity index (χ0v) is 20.5. The highest BCUT2D eigenvalue weighted by Gasteiger charge is 2.25. The molecule has 1 amide bonds. The van der Waals surface area contributed by atoms with Crippen LogP contribution in [0.5, 0.6) is 0 Å². The van der Waals surface area contributed by atoms with Crippen molar-refractivity contribution in [1.82, 2.24) is 9.47 Å². The van der Waals surface area contributed by atoms with Crippen molar-refractivity contribution >= 4 is 34.3 Å². The van der Waals surface area contributed by atoms with Gasteiger partial charge in [0.25, 0.3) is 5.56 Å². The molecule has 1 aliphatic heterocycles. The number of fused-ring (bicyclic) bond motifs is 2. The van der Waals surface area contributed by atoms with Crippen LogP contribution in [0, 0.1) is 0 Å². The number of carbonyl (C=O) groups excluding carboxylic acids is 1. The molecule has 0 saturated heterocycles. The normalized spacial score (nSPS) is 15.3. The highest BCUT2D eigenvalue weighted by atomic mass is 16.2. The molecule has 2 aliphatic rings. The number of amides is 1. The molecule has 0 bridgehead atoms. The molecule has 35 heavy (non-hydrogen) atoms. The Morgan fingerprint density at radius 2 is 1.77 bits per heavy atom. The van der Waals surface area contributed by atoms with Crippen LogP contribution < -0.4 is 11.3 Å². The molecule has 2 heterocycles. The van der Waals surface area contributed by atoms with E-state index < -0.39 is 0 Å². The molecule has 2 aromatic carbocycles. The number of nitrogens with two attached hydrogens (primary N) is 1. The summed E-state index contributed by atoms with van der Waals surface area (Å²) >= 11 is 0. The minimum Gasteiger partial charge on any atom is -0.387 e. The van der Waals surface area contributed by atoms with Crippen molar-refractivity contribution < 1.29 is 4.79 Å². The van der Waals surface area contributed by atoms with Crippen LogP contribution in [0.2, 0.25) is 0 Å². The smallest absolute Gasteiger partial charge is 0.258 e. The maximum atomic E-state index is 13.2. The number of benzene rings is 2. The molecule has 6 nitrogen and oxygen atoms in total. The van der Waals surface area contributed by atoms with Crippen molar-refractivity contribution in [3.63, 3.8) is 0 Å². The summed E-state index contributed by atoms with van der Waals surface area (Å²) < 4.78 is 1.86. The first-order valence-electron chi connectivity index (χ1n) is 12.6. The average molecular weight is 469 g/mol. The van der Waals surface area contributed by atoms with Crippen LogP contribution in [0.25, 0.3) is 28.0 Å². The first kappa shape index (κ1) is 23.1. The number of aliphatic imine (C=N–C) groups is 1. The van der Waals surface area contributed by atoms with Gasteiger partial charge < -0.3 is 15.2 Å². The molecule has 3 aromatic rings. The van der Waals surface area contributed by atoms with Gasteiger partial charge in [0.15, 0.2) is 0 Å². The van der Waals surface area contributed by atoms with Crippen LogP contribution in [0.3, 0.4) is 0 Å². The van der Waals surface area contributed by atoms with Gasteiger partial charge in [0.2, 0.25) is 5.91 Å². The van der Waals surface area contributed by atoms with Gasteiger partial charge in [0.05, 0.1) is 5.69 Å². The number of carbonyl (C=O) groups is 1. The van der Waals surface area contributed by atoms with E-state index in [0.717, 1.165) is 71.9 Å². The van der Waals surface area contributed by atoms with Gasteiger partial charge in [-0.3, -0.25) is 9.59 Å². The lowest BCUT2D eigenvalue weighted by atomic mass is 9.99. The number of hydrogen-bond acceptors (Lipinski definition) is 4.